The largest absolute Gasteiger partial charge is 0.354 e. The molecule has 28 heavy (non-hydrogen) atoms. The molecular formula is C21H28N6O. The molecule has 0 aliphatic carbocycles. The molecule has 0 spiro atoms. The molecule has 3 rings (SSSR count). The summed E-state index contributed by atoms with van der Waals surface area (Å²) in [6, 6.07) is 14.4. The minimum atomic E-state index is -0.143. The lowest BCUT2D eigenvalue weighted by Crippen LogP contribution is -2.44. The predicted octanol–water partition coefficient (Wildman–Crippen LogP) is 2.02. The highest BCUT2D eigenvalue weighted by molar-refractivity contribution is 5.94. The van der Waals surface area contributed by atoms with Crippen LogP contribution in [0.15, 0.2) is 59.9 Å². The molecule has 0 bridgehead atoms. The van der Waals surface area contributed by atoms with Crippen molar-refractivity contribution in [2.45, 2.75) is 18.9 Å². The maximum Gasteiger partial charge on any atom is 0.243 e. The number of hydrogen-bond acceptors (Lipinski definition) is 4. The number of anilines is 1. The fourth-order valence-corrected chi connectivity index (χ4v) is 3.41. The molecule has 0 saturated carbocycles. The summed E-state index contributed by atoms with van der Waals surface area (Å²) in [5.41, 5.74) is 1.97. The Morgan fingerprint density at radius 3 is 2.61 bits per heavy atom. The monoisotopic (exact) mass is 380 g/mol. The molecular weight excluding hydrogens is 352 g/mol. The van der Waals surface area contributed by atoms with E-state index in [4.69, 9.17) is 0 Å². The molecule has 148 valence electrons. The van der Waals surface area contributed by atoms with Crippen LogP contribution in [0.3, 0.4) is 0 Å². The molecule has 1 aromatic heterocycles. The molecule has 1 unspecified atom stereocenters. The van der Waals surface area contributed by atoms with Crippen LogP contribution >= 0.6 is 0 Å². The van der Waals surface area contributed by atoms with Gasteiger partial charge in [-0.15, -0.1) is 0 Å². The van der Waals surface area contributed by atoms with Gasteiger partial charge in [0, 0.05) is 19.8 Å². The molecule has 2 aromatic rings. The number of carbonyl (C=O) groups is 1. The first-order valence-corrected chi connectivity index (χ1v) is 9.69. The minimum Gasteiger partial charge on any atom is -0.354 e. The van der Waals surface area contributed by atoms with Crippen molar-refractivity contribution in [1.82, 2.24) is 20.5 Å². The molecule has 3 N–H and O–H groups in total. The van der Waals surface area contributed by atoms with Crippen LogP contribution in [0.2, 0.25) is 0 Å². The number of carbonyl (C=O) groups excluding carboxylic acids is 1. The third kappa shape index (κ3) is 5.79. The Bertz CT molecular complexity index is 759. The van der Waals surface area contributed by atoms with Gasteiger partial charge in [0.05, 0.1) is 24.5 Å². The number of aliphatic imine (C=N–C) groups is 1. The summed E-state index contributed by atoms with van der Waals surface area (Å²) in [6.07, 6.45) is 5.77. The molecule has 1 atom stereocenters. The van der Waals surface area contributed by atoms with Crippen LogP contribution in [0, 0.1) is 0 Å². The number of rotatable bonds is 7. The number of nitrogens with one attached hydrogen (secondary N) is 3. The molecule has 1 aliphatic heterocycles. The standard InChI is InChI=1S/C21H28N6O/c1-22-21(25-16-20(28)26-18-10-7-11-23-14-18)24-15-19(27-12-5-6-13-27)17-8-3-2-4-9-17/h2-4,7-11,14,19H,5-6,12-13,15-16H2,1H3,(H,26,28)(H2,22,24,25). The number of hydrogen-bond donors (Lipinski definition) is 3. The van der Waals surface area contributed by atoms with Crippen molar-refractivity contribution in [2.75, 3.05) is 38.5 Å². The Balaban J connectivity index is 1.52. The number of aromatic nitrogens is 1. The van der Waals surface area contributed by atoms with Gasteiger partial charge in [-0.2, -0.15) is 0 Å². The Labute approximate surface area is 166 Å². The molecule has 1 aliphatic rings. The number of nitrogens with zero attached hydrogens (tertiary/aromatic N) is 3. The summed E-state index contributed by atoms with van der Waals surface area (Å²) in [5, 5.41) is 9.25. The summed E-state index contributed by atoms with van der Waals surface area (Å²) < 4.78 is 0. The van der Waals surface area contributed by atoms with Gasteiger partial charge in [0.2, 0.25) is 5.91 Å². The van der Waals surface area contributed by atoms with Gasteiger partial charge in [-0.25, -0.2) is 0 Å². The molecule has 2 heterocycles. The highest BCUT2D eigenvalue weighted by Crippen LogP contribution is 2.24. The maximum absolute atomic E-state index is 12.1. The maximum atomic E-state index is 12.1. The third-order valence-corrected chi connectivity index (χ3v) is 4.81. The predicted molar refractivity (Wildman–Crippen MR) is 112 cm³/mol. The van der Waals surface area contributed by atoms with Gasteiger partial charge in [-0.3, -0.25) is 19.7 Å². The summed E-state index contributed by atoms with van der Waals surface area (Å²) in [5.74, 6) is 0.469. The van der Waals surface area contributed by atoms with Gasteiger partial charge in [0.15, 0.2) is 5.96 Å². The molecule has 7 nitrogen and oxygen atoms in total. The van der Waals surface area contributed by atoms with E-state index >= 15 is 0 Å². The van der Waals surface area contributed by atoms with Gasteiger partial charge in [-0.05, 0) is 43.6 Å². The first-order valence-electron chi connectivity index (χ1n) is 9.69. The second-order valence-electron chi connectivity index (χ2n) is 6.77. The molecule has 1 amide bonds. The summed E-state index contributed by atoms with van der Waals surface area (Å²) in [4.78, 5) is 22.8. The topological polar surface area (TPSA) is 81.6 Å². The zero-order chi connectivity index (χ0) is 19.6. The van der Waals surface area contributed by atoms with E-state index in [1.807, 2.05) is 6.07 Å². The van der Waals surface area contributed by atoms with Crippen molar-refractivity contribution in [1.29, 1.82) is 0 Å². The van der Waals surface area contributed by atoms with E-state index in [1.54, 1.807) is 31.6 Å². The molecule has 0 radical (unpaired) electrons. The van der Waals surface area contributed by atoms with Crippen molar-refractivity contribution in [3.05, 3.63) is 60.4 Å². The second-order valence-corrected chi connectivity index (χ2v) is 6.77. The van der Waals surface area contributed by atoms with E-state index in [9.17, 15) is 4.79 Å². The highest BCUT2D eigenvalue weighted by atomic mass is 16.1. The van der Waals surface area contributed by atoms with Crippen molar-refractivity contribution < 1.29 is 4.79 Å². The van der Waals surface area contributed by atoms with Crippen LogP contribution in [0.4, 0.5) is 5.69 Å². The second kappa shape index (κ2) is 10.4. The molecule has 7 heteroatoms. The van der Waals surface area contributed by atoms with Gasteiger partial charge < -0.3 is 16.0 Å². The van der Waals surface area contributed by atoms with Crippen LogP contribution in [0.5, 0.6) is 0 Å². The Hall–Kier alpha value is -2.93. The van der Waals surface area contributed by atoms with Gasteiger partial charge in [-0.1, -0.05) is 30.3 Å². The average molecular weight is 380 g/mol. The fourth-order valence-electron chi connectivity index (χ4n) is 3.41. The van der Waals surface area contributed by atoms with Crippen LogP contribution in [-0.4, -0.2) is 55.0 Å². The number of pyridine rings is 1. The van der Waals surface area contributed by atoms with Crippen LogP contribution in [-0.2, 0) is 4.79 Å². The van der Waals surface area contributed by atoms with E-state index in [-0.39, 0.29) is 18.5 Å². The van der Waals surface area contributed by atoms with Gasteiger partial charge in [0.25, 0.3) is 0 Å². The van der Waals surface area contributed by atoms with Crippen LogP contribution < -0.4 is 16.0 Å². The van der Waals surface area contributed by atoms with E-state index in [2.05, 4.69) is 55.1 Å². The average Bonchev–Trinajstić information content (AvgIpc) is 3.26. The third-order valence-electron chi connectivity index (χ3n) is 4.81. The molecule has 1 aromatic carbocycles. The lowest BCUT2D eigenvalue weighted by Gasteiger charge is -2.28. The van der Waals surface area contributed by atoms with Crippen molar-refractivity contribution in [3.63, 3.8) is 0 Å². The Morgan fingerprint density at radius 1 is 1.14 bits per heavy atom. The van der Waals surface area contributed by atoms with E-state index in [0.717, 1.165) is 19.6 Å². The van der Waals surface area contributed by atoms with Crippen molar-refractivity contribution >= 4 is 17.6 Å². The van der Waals surface area contributed by atoms with Crippen LogP contribution in [0.1, 0.15) is 24.4 Å². The molecule has 1 saturated heterocycles. The number of guanidine groups is 1. The zero-order valence-corrected chi connectivity index (χ0v) is 16.3. The van der Waals surface area contributed by atoms with Gasteiger partial charge >= 0.3 is 0 Å². The first kappa shape index (κ1) is 19.8. The SMILES string of the molecule is CN=C(NCC(=O)Nc1cccnc1)NCC(c1ccccc1)N1CCCC1. The van der Waals surface area contributed by atoms with Gasteiger partial charge in [0.1, 0.15) is 0 Å². The summed E-state index contributed by atoms with van der Waals surface area (Å²) >= 11 is 0. The number of amides is 1. The lowest BCUT2D eigenvalue weighted by molar-refractivity contribution is -0.115. The Morgan fingerprint density at radius 2 is 1.93 bits per heavy atom. The summed E-state index contributed by atoms with van der Waals surface area (Å²) in [6.45, 7) is 3.09. The lowest BCUT2D eigenvalue weighted by atomic mass is 10.1. The minimum absolute atomic E-state index is 0.133. The first-order chi connectivity index (χ1) is 13.8. The van der Waals surface area contributed by atoms with E-state index in [1.165, 1.54) is 18.4 Å². The zero-order valence-electron chi connectivity index (χ0n) is 16.3. The quantitative estimate of drug-likeness (QED) is 0.506. The number of likely N-dealkylation sites (tertiary alicyclic amines) is 1. The summed E-state index contributed by atoms with van der Waals surface area (Å²) in [7, 11) is 1.71. The fraction of sp³-hybridized carbons (Fsp3) is 0.381. The van der Waals surface area contributed by atoms with E-state index < -0.39 is 0 Å². The van der Waals surface area contributed by atoms with Crippen molar-refractivity contribution in [3.8, 4) is 0 Å². The van der Waals surface area contributed by atoms with Crippen molar-refractivity contribution in [2.24, 2.45) is 4.99 Å². The van der Waals surface area contributed by atoms with Crippen LogP contribution in [0.25, 0.3) is 0 Å². The molecule has 1 fully saturated rings. The smallest absolute Gasteiger partial charge is 0.243 e. The normalized spacial score (nSPS) is 15.8. The van der Waals surface area contributed by atoms with E-state index in [0.29, 0.717) is 11.6 Å². The highest BCUT2D eigenvalue weighted by Gasteiger charge is 2.23. The number of benzene rings is 1. The Kier molecular flexibility index (Phi) is 7.37.